The van der Waals surface area contributed by atoms with Gasteiger partial charge in [-0.1, -0.05) is 0 Å². The van der Waals surface area contributed by atoms with E-state index in [1.165, 1.54) is 12.1 Å². The number of carbonyl (C=O) groups excluding carboxylic acids is 1. The summed E-state index contributed by atoms with van der Waals surface area (Å²) < 4.78 is 12.9. The minimum atomic E-state index is -0.276. The molecule has 2 heterocycles. The molecule has 0 bridgehead atoms. The van der Waals surface area contributed by atoms with E-state index in [9.17, 15) is 9.18 Å². The second-order valence-electron chi connectivity index (χ2n) is 4.85. The number of rotatable bonds is 2. The summed E-state index contributed by atoms with van der Waals surface area (Å²) >= 11 is 0. The number of nitrogens with one attached hydrogen (secondary N) is 2. The van der Waals surface area contributed by atoms with Crippen LogP contribution in [0.5, 0.6) is 0 Å². The van der Waals surface area contributed by atoms with Gasteiger partial charge >= 0.3 is 0 Å². The molecule has 0 unspecified atom stereocenters. The van der Waals surface area contributed by atoms with Crippen molar-refractivity contribution in [3.05, 3.63) is 41.3 Å². The van der Waals surface area contributed by atoms with Crippen molar-refractivity contribution in [2.24, 2.45) is 0 Å². The van der Waals surface area contributed by atoms with Gasteiger partial charge in [-0.05, 0) is 24.3 Å². The number of H-pyrrole nitrogens is 1. The zero-order valence-electron chi connectivity index (χ0n) is 11.1. The van der Waals surface area contributed by atoms with Crippen molar-refractivity contribution in [3.8, 4) is 0 Å². The largest absolute Gasteiger partial charge is 0.338 e. The van der Waals surface area contributed by atoms with Gasteiger partial charge in [0.15, 0.2) is 5.82 Å². The van der Waals surface area contributed by atoms with E-state index < -0.39 is 0 Å². The number of amides is 1. The first-order valence-electron chi connectivity index (χ1n) is 6.47. The lowest BCUT2D eigenvalue weighted by molar-refractivity contribution is -0.129. The molecule has 0 saturated heterocycles. The lowest BCUT2D eigenvalue weighted by Gasteiger charge is -2.25. The van der Waals surface area contributed by atoms with Gasteiger partial charge in [-0.25, -0.2) is 4.39 Å². The Bertz CT molecular complexity index is 635. The van der Waals surface area contributed by atoms with E-state index in [1.807, 2.05) is 0 Å². The van der Waals surface area contributed by atoms with Crippen LogP contribution in [0.2, 0.25) is 0 Å². The third-order valence-electron chi connectivity index (χ3n) is 3.49. The van der Waals surface area contributed by atoms with Crippen LogP contribution < -0.4 is 5.32 Å². The fourth-order valence-corrected chi connectivity index (χ4v) is 2.34. The monoisotopic (exact) mass is 274 g/mol. The number of aromatic nitrogens is 2. The minimum absolute atomic E-state index is 0.0598. The topological polar surface area (TPSA) is 61.0 Å². The molecule has 0 radical (unpaired) electrons. The Hall–Kier alpha value is -2.37. The van der Waals surface area contributed by atoms with Crippen molar-refractivity contribution < 1.29 is 9.18 Å². The summed E-state index contributed by atoms with van der Waals surface area (Å²) in [6.45, 7) is 2.82. The van der Waals surface area contributed by atoms with E-state index in [1.54, 1.807) is 24.0 Å². The van der Waals surface area contributed by atoms with Crippen LogP contribution in [-0.2, 0) is 17.8 Å². The molecule has 1 amide bonds. The molecule has 1 aromatic heterocycles. The van der Waals surface area contributed by atoms with Crippen LogP contribution in [0.4, 0.5) is 15.9 Å². The van der Waals surface area contributed by atoms with E-state index in [2.05, 4.69) is 15.5 Å². The van der Waals surface area contributed by atoms with Crippen LogP contribution in [0.15, 0.2) is 24.3 Å². The number of carbonyl (C=O) groups is 1. The average Bonchev–Trinajstić information content (AvgIpc) is 2.84. The van der Waals surface area contributed by atoms with Crippen molar-refractivity contribution in [2.75, 3.05) is 11.9 Å². The maximum absolute atomic E-state index is 12.9. The lowest BCUT2D eigenvalue weighted by Crippen LogP contribution is -2.34. The molecule has 0 spiro atoms. The minimum Gasteiger partial charge on any atom is -0.338 e. The van der Waals surface area contributed by atoms with Crippen LogP contribution in [0, 0.1) is 5.82 Å². The van der Waals surface area contributed by atoms with Crippen molar-refractivity contribution in [1.82, 2.24) is 15.1 Å². The van der Waals surface area contributed by atoms with Crippen LogP contribution in [0.1, 0.15) is 18.2 Å². The summed E-state index contributed by atoms with van der Waals surface area (Å²) in [7, 11) is 0. The third-order valence-corrected chi connectivity index (χ3v) is 3.49. The Labute approximate surface area is 115 Å². The van der Waals surface area contributed by atoms with Gasteiger partial charge in [-0.3, -0.25) is 9.89 Å². The molecule has 2 aromatic rings. The molecule has 0 aliphatic carbocycles. The normalized spacial score (nSPS) is 14.0. The smallest absolute Gasteiger partial charge is 0.219 e. The third kappa shape index (κ3) is 2.36. The summed E-state index contributed by atoms with van der Waals surface area (Å²) in [5.74, 6) is 0.476. The number of aromatic amines is 1. The lowest BCUT2D eigenvalue weighted by atomic mass is 10.1. The molecule has 0 atom stereocenters. The molecule has 1 aromatic carbocycles. The SMILES string of the molecule is CC(=O)N1CCc2[nH]nc(Nc3ccc(F)cc3)c2C1. The first-order chi connectivity index (χ1) is 9.63. The number of hydrogen-bond acceptors (Lipinski definition) is 3. The van der Waals surface area contributed by atoms with Gasteiger partial charge in [0.2, 0.25) is 5.91 Å². The predicted octanol–water partition coefficient (Wildman–Crippen LogP) is 2.20. The number of benzene rings is 1. The average molecular weight is 274 g/mol. The second-order valence-corrected chi connectivity index (χ2v) is 4.85. The van der Waals surface area contributed by atoms with E-state index in [-0.39, 0.29) is 11.7 Å². The molecular weight excluding hydrogens is 259 g/mol. The highest BCUT2D eigenvalue weighted by molar-refractivity contribution is 5.74. The quantitative estimate of drug-likeness (QED) is 0.882. The Kier molecular flexibility index (Phi) is 3.14. The first-order valence-corrected chi connectivity index (χ1v) is 6.47. The number of halogens is 1. The maximum atomic E-state index is 12.9. The van der Waals surface area contributed by atoms with E-state index in [4.69, 9.17) is 0 Å². The van der Waals surface area contributed by atoms with Crippen molar-refractivity contribution in [2.45, 2.75) is 19.9 Å². The summed E-state index contributed by atoms with van der Waals surface area (Å²) in [5, 5.41) is 10.4. The van der Waals surface area contributed by atoms with Gasteiger partial charge in [0.05, 0.1) is 6.54 Å². The number of nitrogens with zero attached hydrogens (tertiary/aromatic N) is 2. The Morgan fingerprint density at radius 3 is 2.85 bits per heavy atom. The zero-order chi connectivity index (χ0) is 14.1. The highest BCUT2D eigenvalue weighted by Gasteiger charge is 2.23. The van der Waals surface area contributed by atoms with E-state index >= 15 is 0 Å². The number of anilines is 2. The van der Waals surface area contributed by atoms with Crippen LogP contribution >= 0.6 is 0 Å². The molecule has 1 aliphatic heterocycles. The standard InChI is InChI=1S/C14H15FN4O/c1-9(20)19-7-6-13-12(8-19)14(18-17-13)16-11-4-2-10(15)3-5-11/h2-5H,6-8H2,1H3,(H2,16,17,18). The molecule has 20 heavy (non-hydrogen) atoms. The van der Waals surface area contributed by atoms with Gasteiger partial charge in [-0.2, -0.15) is 5.10 Å². The molecule has 2 N–H and O–H groups in total. The fraction of sp³-hybridized carbons (Fsp3) is 0.286. The molecule has 3 rings (SSSR count). The molecule has 5 nitrogen and oxygen atoms in total. The van der Waals surface area contributed by atoms with Crippen molar-refractivity contribution in [3.63, 3.8) is 0 Å². The van der Waals surface area contributed by atoms with Gasteiger partial charge in [0, 0.05) is 36.8 Å². The van der Waals surface area contributed by atoms with Gasteiger partial charge in [0.25, 0.3) is 0 Å². The van der Waals surface area contributed by atoms with Gasteiger partial charge in [-0.15, -0.1) is 0 Å². The molecule has 1 aliphatic rings. The van der Waals surface area contributed by atoms with Crippen molar-refractivity contribution >= 4 is 17.4 Å². The number of hydrogen-bond donors (Lipinski definition) is 2. The van der Waals surface area contributed by atoms with Crippen LogP contribution in [0.3, 0.4) is 0 Å². The summed E-state index contributed by atoms with van der Waals surface area (Å²) in [5.41, 5.74) is 2.81. The van der Waals surface area contributed by atoms with Crippen LogP contribution in [0.25, 0.3) is 0 Å². The molecule has 0 saturated carbocycles. The molecular formula is C14H15FN4O. The highest BCUT2D eigenvalue weighted by Crippen LogP contribution is 2.26. The van der Waals surface area contributed by atoms with E-state index in [0.29, 0.717) is 18.9 Å². The maximum Gasteiger partial charge on any atom is 0.219 e. The zero-order valence-corrected chi connectivity index (χ0v) is 11.1. The molecule has 104 valence electrons. The second kappa shape index (κ2) is 4.96. The fourth-order valence-electron chi connectivity index (χ4n) is 2.34. The number of fused-ring (bicyclic) bond motifs is 1. The summed E-state index contributed by atoms with van der Waals surface area (Å²) in [6, 6.07) is 6.09. The Morgan fingerprint density at radius 2 is 2.15 bits per heavy atom. The summed E-state index contributed by atoms with van der Waals surface area (Å²) in [4.78, 5) is 13.3. The predicted molar refractivity (Wildman–Crippen MR) is 73.1 cm³/mol. The van der Waals surface area contributed by atoms with E-state index in [0.717, 1.165) is 23.4 Å². The Balaban J connectivity index is 1.83. The Morgan fingerprint density at radius 1 is 1.40 bits per heavy atom. The van der Waals surface area contributed by atoms with Gasteiger partial charge in [0.1, 0.15) is 5.82 Å². The van der Waals surface area contributed by atoms with Gasteiger partial charge < -0.3 is 10.2 Å². The molecule has 6 heteroatoms. The highest BCUT2D eigenvalue weighted by atomic mass is 19.1. The first kappa shape index (κ1) is 12.7. The van der Waals surface area contributed by atoms with Crippen molar-refractivity contribution in [1.29, 1.82) is 0 Å². The van der Waals surface area contributed by atoms with Crippen LogP contribution in [-0.4, -0.2) is 27.5 Å². The summed E-state index contributed by atoms with van der Waals surface area (Å²) in [6.07, 6.45) is 0.771. The molecule has 0 fully saturated rings.